The van der Waals surface area contributed by atoms with Crippen LogP contribution in [0.5, 0.6) is 0 Å². The van der Waals surface area contributed by atoms with Crippen LogP contribution in [0.1, 0.15) is 42.4 Å². The van der Waals surface area contributed by atoms with E-state index >= 15 is 0 Å². The van der Waals surface area contributed by atoms with Gasteiger partial charge >= 0.3 is 0 Å². The Morgan fingerprint density at radius 1 is 0.882 bits per heavy atom. The van der Waals surface area contributed by atoms with Crippen LogP contribution in [0.3, 0.4) is 0 Å². The second-order valence-electron chi connectivity index (χ2n) is 4.70. The summed E-state index contributed by atoms with van der Waals surface area (Å²) in [5.41, 5.74) is 15.6. The van der Waals surface area contributed by atoms with Gasteiger partial charge in [0.1, 0.15) is 0 Å². The molecule has 0 saturated heterocycles. The van der Waals surface area contributed by atoms with E-state index in [4.69, 9.17) is 11.5 Å². The molecule has 0 spiro atoms. The molecule has 0 amide bonds. The van der Waals surface area contributed by atoms with Crippen molar-refractivity contribution in [3.05, 3.63) is 34.9 Å². The zero-order valence-corrected chi connectivity index (χ0v) is 11.0. The van der Waals surface area contributed by atoms with Gasteiger partial charge < -0.3 is 11.5 Å². The van der Waals surface area contributed by atoms with E-state index in [-0.39, 0.29) is 0 Å². The van der Waals surface area contributed by atoms with Gasteiger partial charge in [0.15, 0.2) is 0 Å². The van der Waals surface area contributed by atoms with E-state index in [1.807, 2.05) is 0 Å². The normalized spacial score (nSPS) is 10.8. The highest BCUT2D eigenvalue weighted by molar-refractivity contribution is 5.34. The predicted octanol–water partition coefficient (Wildman–Crippen LogP) is 2.56. The maximum Gasteiger partial charge on any atom is -0.00772 e. The maximum atomic E-state index is 5.55. The van der Waals surface area contributed by atoms with Crippen molar-refractivity contribution in [2.24, 2.45) is 11.5 Å². The minimum Gasteiger partial charge on any atom is -0.330 e. The Balaban J connectivity index is 2.63. The molecule has 0 atom stereocenters. The van der Waals surface area contributed by atoms with Crippen molar-refractivity contribution in [2.75, 3.05) is 13.1 Å². The van der Waals surface area contributed by atoms with Crippen molar-refractivity contribution < 1.29 is 0 Å². The van der Waals surface area contributed by atoms with E-state index in [1.54, 1.807) is 0 Å². The van der Waals surface area contributed by atoms with Gasteiger partial charge in [0.25, 0.3) is 0 Å². The minimum absolute atomic E-state index is 0.800. The fourth-order valence-corrected chi connectivity index (χ4v) is 2.26. The second-order valence-corrected chi connectivity index (χ2v) is 4.70. The summed E-state index contributed by atoms with van der Waals surface area (Å²) in [6, 6.07) is 6.64. The first-order chi connectivity index (χ1) is 8.29. The summed E-state index contributed by atoms with van der Waals surface area (Å²) in [6.07, 6.45) is 6.97. The maximum absolute atomic E-state index is 5.55. The summed E-state index contributed by atoms with van der Waals surface area (Å²) in [6.45, 7) is 3.81. The van der Waals surface area contributed by atoms with Crippen LogP contribution in [0, 0.1) is 6.92 Å². The smallest absolute Gasteiger partial charge is 0.00772 e. The number of hydrogen-bond donors (Lipinski definition) is 2. The molecule has 0 fully saturated rings. The van der Waals surface area contributed by atoms with Crippen molar-refractivity contribution in [1.29, 1.82) is 0 Å². The summed E-state index contributed by atoms with van der Waals surface area (Å²) < 4.78 is 0. The Morgan fingerprint density at radius 2 is 1.53 bits per heavy atom. The summed E-state index contributed by atoms with van der Waals surface area (Å²) in [4.78, 5) is 0. The van der Waals surface area contributed by atoms with Crippen LogP contribution in [-0.4, -0.2) is 13.1 Å². The van der Waals surface area contributed by atoms with Gasteiger partial charge in [-0.05, 0) is 75.2 Å². The summed E-state index contributed by atoms with van der Waals surface area (Å²) in [5, 5.41) is 0. The van der Waals surface area contributed by atoms with E-state index in [1.165, 1.54) is 36.0 Å². The fraction of sp³-hybridized carbons (Fsp3) is 0.600. The topological polar surface area (TPSA) is 52.0 Å². The highest BCUT2D eigenvalue weighted by atomic mass is 14.5. The fourth-order valence-electron chi connectivity index (χ4n) is 2.26. The van der Waals surface area contributed by atoms with Crippen LogP contribution in [0.25, 0.3) is 0 Å². The molecule has 0 radical (unpaired) electrons. The Morgan fingerprint density at radius 3 is 2.18 bits per heavy atom. The zero-order valence-electron chi connectivity index (χ0n) is 11.0. The van der Waals surface area contributed by atoms with Gasteiger partial charge in [-0.15, -0.1) is 0 Å². The van der Waals surface area contributed by atoms with Gasteiger partial charge in [0.2, 0.25) is 0 Å². The van der Waals surface area contributed by atoms with E-state index < -0.39 is 0 Å². The molecular formula is C15H26N2. The van der Waals surface area contributed by atoms with Gasteiger partial charge in [-0.2, -0.15) is 0 Å². The third-order valence-electron chi connectivity index (χ3n) is 3.29. The van der Waals surface area contributed by atoms with Crippen LogP contribution in [0.2, 0.25) is 0 Å². The van der Waals surface area contributed by atoms with Gasteiger partial charge in [-0.3, -0.25) is 0 Å². The first-order valence-electron chi connectivity index (χ1n) is 6.77. The number of rotatable bonds is 8. The van der Waals surface area contributed by atoms with Crippen LogP contribution < -0.4 is 11.5 Å². The molecule has 0 bridgehead atoms. The molecule has 96 valence electrons. The number of unbranched alkanes of at least 4 members (excludes halogenated alkanes) is 2. The van der Waals surface area contributed by atoms with Gasteiger partial charge in [-0.1, -0.05) is 18.2 Å². The Kier molecular flexibility index (Phi) is 6.90. The molecule has 0 unspecified atom stereocenters. The standard InChI is InChI=1S/C15H26N2/c1-13-7-6-9-14(8-2-4-11-16)15(13)10-3-5-12-17/h6-7,9H,2-5,8,10-12,16-17H2,1H3. The predicted molar refractivity (Wildman–Crippen MR) is 75.2 cm³/mol. The van der Waals surface area contributed by atoms with E-state index in [9.17, 15) is 0 Å². The Labute approximate surface area is 105 Å². The quantitative estimate of drug-likeness (QED) is 0.679. The van der Waals surface area contributed by atoms with Gasteiger partial charge in [0.05, 0.1) is 0 Å². The summed E-state index contributed by atoms with van der Waals surface area (Å²) >= 11 is 0. The highest BCUT2D eigenvalue weighted by Crippen LogP contribution is 2.18. The number of aryl methyl sites for hydroxylation is 2. The summed E-state index contributed by atoms with van der Waals surface area (Å²) in [5.74, 6) is 0. The van der Waals surface area contributed by atoms with Crippen molar-refractivity contribution in [3.63, 3.8) is 0 Å². The van der Waals surface area contributed by atoms with Crippen LogP contribution >= 0.6 is 0 Å². The van der Waals surface area contributed by atoms with Crippen LogP contribution in [-0.2, 0) is 12.8 Å². The molecule has 1 rings (SSSR count). The molecule has 0 aliphatic carbocycles. The lowest BCUT2D eigenvalue weighted by molar-refractivity contribution is 0.715. The lowest BCUT2D eigenvalue weighted by Crippen LogP contribution is -2.03. The molecule has 4 N–H and O–H groups in total. The first-order valence-corrected chi connectivity index (χ1v) is 6.77. The van der Waals surface area contributed by atoms with Crippen molar-refractivity contribution >= 4 is 0 Å². The molecule has 1 aromatic carbocycles. The molecule has 0 heterocycles. The molecule has 0 aromatic heterocycles. The molecule has 0 aliphatic heterocycles. The monoisotopic (exact) mass is 234 g/mol. The average Bonchev–Trinajstić information content (AvgIpc) is 2.33. The number of hydrogen-bond acceptors (Lipinski definition) is 2. The Bertz CT molecular complexity index is 321. The SMILES string of the molecule is Cc1cccc(CCCCN)c1CCCCN. The van der Waals surface area contributed by atoms with Crippen LogP contribution in [0.4, 0.5) is 0 Å². The third kappa shape index (κ3) is 4.88. The molecule has 2 nitrogen and oxygen atoms in total. The highest BCUT2D eigenvalue weighted by Gasteiger charge is 2.05. The van der Waals surface area contributed by atoms with E-state index in [2.05, 4.69) is 25.1 Å². The lowest BCUT2D eigenvalue weighted by atomic mass is 9.94. The molecule has 0 saturated carbocycles. The summed E-state index contributed by atoms with van der Waals surface area (Å²) in [7, 11) is 0. The third-order valence-corrected chi connectivity index (χ3v) is 3.29. The van der Waals surface area contributed by atoms with Crippen molar-refractivity contribution in [3.8, 4) is 0 Å². The minimum atomic E-state index is 0.800. The van der Waals surface area contributed by atoms with E-state index in [0.717, 1.165) is 32.4 Å². The second kappa shape index (κ2) is 8.26. The van der Waals surface area contributed by atoms with Gasteiger partial charge in [0, 0.05) is 0 Å². The zero-order chi connectivity index (χ0) is 12.5. The largest absolute Gasteiger partial charge is 0.330 e. The molecule has 17 heavy (non-hydrogen) atoms. The van der Waals surface area contributed by atoms with E-state index in [0.29, 0.717) is 0 Å². The average molecular weight is 234 g/mol. The first kappa shape index (κ1) is 14.2. The lowest BCUT2D eigenvalue weighted by Gasteiger charge is -2.12. The molecule has 1 aromatic rings. The molecule has 2 heteroatoms. The molecular weight excluding hydrogens is 208 g/mol. The van der Waals surface area contributed by atoms with Crippen molar-refractivity contribution in [1.82, 2.24) is 0 Å². The number of benzene rings is 1. The molecule has 0 aliphatic rings. The van der Waals surface area contributed by atoms with Gasteiger partial charge in [-0.25, -0.2) is 0 Å². The number of nitrogens with two attached hydrogens (primary N) is 2. The van der Waals surface area contributed by atoms with Crippen molar-refractivity contribution in [2.45, 2.75) is 45.4 Å². The van der Waals surface area contributed by atoms with Crippen LogP contribution in [0.15, 0.2) is 18.2 Å². The Hall–Kier alpha value is -0.860.